The number of nitrogens with zero attached hydrogens (tertiary/aromatic N) is 2. The highest BCUT2D eigenvalue weighted by molar-refractivity contribution is 6.03. The second-order valence-electron chi connectivity index (χ2n) is 7.04. The number of hydrogen-bond donors (Lipinski definition) is 1. The van der Waals surface area contributed by atoms with E-state index in [9.17, 15) is 14.4 Å². The van der Waals surface area contributed by atoms with Gasteiger partial charge in [0.25, 0.3) is 11.5 Å². The van der Waals surface area contributed by atoms with Crippen LogP contribution in [-0.4, -0.2) is 28.3 Å². The normalized spacial score (nSPS) is 11.8. The van der Waals surface area contributed by atoms with E-state index >= 15 is 0 Å². The number of carbonyl (C=O) groups is 2. The molecule has 0 unspecified atom stereocenters. The molecule has 7 heteroatoms. The van der Waals surface area contributed by atoms with Gasteiger partial charge in [0.15, 0.2) is 12.3 Å². The second-order valence-corrected chi connectivity index (χ2v) is 7.04. The van der Waals surface area contributed by atoms with E-state index in [1.54, 1.807) is 31.2 Å². The van der Waals surface area contributed by atoms with Gasteiger partial charge in [-0.3, -0.25) is 9.59 Å². The number of aryl methyl sites for hydroxylation is 1. The number of amides is 1. The first-order chi connectivity index (χ1) is 14.5. The third-order valence-electron chi connectivity index (χ3n) is 5.07. The Morgan fingerprint density at radius 2 is 1.73 bits per heavy atom. The summed E-state index contributed by atoms with van der Waals surface area (Å²) in [7, 11) is 0. The second kappa shape index (κ2) is 9.35. The molecule has 2 aromatic carbocycles. The number of aromatic nitrogens is 2. The van der Waals surface area contributed by atoms with E-state index in [1.807, 2.05) is 24.3 Å². The van der Waals surface area contributed by atoms with Gasteiger partial charge in [-0.15, -0.1) is 0 Å². The SMILES string of the molecule is CC[C@H](C)c1ccccc1NC(=O)COC(=O)c1nn(CC)c(=O)c2ccccc12. The van der Waals surface area contributed by atoms with Crippen molar-refractivity contribution in [2.24, 2.45) is 0 Å². The zero-order chi connectivity index (χ0) is 21.7. The minimum Gasteiger partial charge on any atom is -0.451 e. The van der Waals surface area contributed by atoms with Crippen LogP contribution in [0.3, 0.4) is 0 Å². The van der Waals surface area contributed by atoms with Gasteiger partial charge in [-0.1, -0.05) is 50.2 Å². The van der Waals surface area contributed by atoms with Gasteiger partial charge in [-0.2, -0.15) is 5.10 Å². The van der Waals surface area contributed by atoms with E-state index in [1.165, 1.54) is 4.68 Å². The topological polar surface area (TPSA) is 90.3 Å². The summed E-state index contributed by atoms with van der Waals surface area (Å²) in [6.07, 6.45) is 0.938. The smallest absolute Gasteiger partial charge is 0.359 e. The van der Waals surface area contributed by atoms with Crippen molar-refractivity contribution in [1.29, 1.82) is 0 Å². The summed E-state index contributed by atoms with van der Waals surface area (Å²) in [4.78, 5) is 37.4. The zero-order valence-corrected chi connectivity index (χ0v) is 17.3. The molecule has 1 heterocycles. The van der Waals surface area contributed by atoms with Crippen molar-refractivity contribution >= 4 is 28.3 Å². The van der Waals surface area contributed by atoms with Crippen LogP contribution in [0.25, 0.3) is 10.8 Å². The van der Waals surface area contributed by atoms with Gasteiger partial charge < -0.3 is 10.1 Å². The molecule has 1 aromatic heterocycles. The lowest BCUT2D eigenvalue weighted by molar-refractivity contribution is -0.119. The van der Waals surface area contributed by atoms with E-state index in [0.717, 1.165) is 12.0 Å². The molecule has 0 radical (unpaired) electrons. The predicted octanol–water partition coefficient (Wildman–Crippen LogP) is 3.73. The van der Waals surface area contributed by atoms with Crippen LogP contribution in [0.1, 0.15) is 49.2 Å². The highest BCUT2D eigenvalue weighted by atomic mass is 16.5. The molecule has 0 saturated heterocycles. The lowest BCUT2D eigenvalue weighted by atomic mass is 9.97. The molecule has 0 aliphatic heterocycles. The highest BCUT2D eigenvalue weighted by Crippen LogP contribution is 2.26. The molecule has 0 aliphatic rings. The van der Waals surface area contributed by atoms with E-state index in [0.29, 0.717) is 23.0 Å². The van der Waals surface area contributed by atoms with E-state index < -0.39 is 18.5 Å². The Kier molecular flexibility index (Phi) is 6.61. The van der Waals surface area contributed by atoms with Crippen molar-refractivity contribution < 1.29 is 14.3 Å². The van der Waals surface area contributed by atoms with Gasteiger partial charge in [-0.05, 0) is 37.0 Å². The van der Waals surface area contributed by atoms with Crippen LogP contribution in [-0.2, 0) is 16.1 Å². The number of rotatable bonds is 7. The monoisotopic (exact) mass is 407 g/mol. The Morgan fingerprint density at radius 3 is 2.43 bits per heavy atom. The highest BCUT2D eigenvalue weighted by Gasteiger charge is 2.19. The Hall–Kier alpha value is -3.48. The van der Waals surface area contributed by atoms with Gasteiger partial charge in [0, 0.05) is 17.6 Å². The standard InChI is InChI=1S/C23H25N3O4/c1-4-15(3)16-10-8-9-13-19(16)24-20(27)14-30-23(29)21-17-11-6-7-12-18(17)22(28)26(5-2)25-21/h6-13,15H,4-5,14H2,1-3H3,(H,24,27)/t15-/m0/s1. The molecule has 0 fully saturated rings. The molecule has 3 aromatic rings. The molecule has 0 bridgehead atoms. The summed E-state index contributed by atoms with van der Waals surface area (Å²) >= 11 is 0. The Labute approximate surface area is 174 Å². The van der Waals surface area contributed by atoms with Gasteiger partial charge in [-0.25, -0.2) is 9.48 Å². The maximum Gasteiger partial charge on any atom is 0.359 e. The van der Waals surface area contributed by atoms with Crippen LogP contribution in [0.5, 0.6) is 0 Å². The van der Waals surface area contributed by atoms with Crippen LogP contribution in [0.4, 0.5) is 5.69 Å². The van der Waals surface area contributed by atoms with E-state index in [4.69, 9.17) is 4.74 Å². The third kappa shape index (κ3) is 4.40. The lowest BCUT2D eigenvalue weighted by Crippen LogP contribution is -2.27. The maximum absolute atomic E-state index is 12.6. The van der Waals surface area contributed by atoms with Crippen molar-refractivity contribution in [3.8, 4) is 0 Å². The number of nitrogens with one attached hydrogen (secondary N) is 1. The Balaban J connectivity index is 1.76. The molecular formula is C23H25N3O4. The number of benzene rings is 2. The molecule has 0 aliphatic carbocycles. The van der Waals surface area contributed by atoms with Crippen molar-refractivity contribution in [1.82, 2.24) is 9.78 Å². The van der Waals surface area contributed by atoms with Crippen molar-refractivity contribution in [3.63, 3.8) is 0 Å². The largest absolute Gasteiger partial charge is 0.451 e. The maximum atomic E-state index is 12.6. The minimum absolute atomic E-state index is 0.0138. The molecule has 1 atom stereocenters. The van der Waals surface area contributed by atoms with Crippen molar-refractivity contribution in [3.05, 3.63) is 70.1 Å². The summed E-state index contributed by atoms with van der Waals surface area (Å²) < 4.78 is 6.42. The van der Waals surface area contributed by atoms with E-state index in [-0.39, 0.29) is 17.2 Å². The van der Waals surface area contributed by atoms with Crippen LogP contribution in [0, 0.1) is 0 Å². The van der Waals surface area contributed by atoms with Gasteiger partial charge in [0.05, 0.1) is 5.39 Å². The van der Waals surface area contributed by atoms with Crippen molar-refractivity contribution in [2.75, 3.05) is 11.9 Å². The molecule has 1 N–H and O–H groups in total. The number of ether oxygens (including phenoxy) is 1. The summed E-state index contributed by atoms with van der Waals surface area (Å²) in [5, 5.41) is 7.72. The van der Waals surface area contributed by atoms with Crippen molar-refractivity contribution in [2.45, 2.75) is 39.7 Å². The Bertz CT molecular complexity index is 1140. The number of carbonyl (C=O) groups excluding carboxylic acids is 2. The minimum atomic E-state index is -0.751. The molecule has 7 nitrogen and oxygen atoms in total. The number of fused-ring (bicyclic) bond motifs is 1. The van der Waals surface area contributed by atoms with Crippen LogP contribution in [0.2, 0.25) is 0 Å². The van der Waals surface area contributed by atoms with Crippen LogP contribution < -0.4 is 10.9 Å². The summed E-state index contributed by atoms with van der Waals surface area (Å²) in [5.41, 5.74) is 1.47. The zero-order valence-electron chi connectivity index (χ0n) is 17.3. The summed E-state index contributed by atoms with van der Waals surface area (Å²) in [5.74, 6) is -0.902. The fourth-order valence-corrected chi connectivity index (χ4v) is 3.25. The molecule has 0 saturated carbocycles. The number of para-hydroxylation sites is 1. The number of esters is 1. The van der Waals surface area contributed by atoms with Crippen LogP contribution >= 0.6 is 0 Å². The quantitative estimate of drug-likeness (QED) is 0.603. The lowest BCUT2D eigenvalue weighted by Gasteiger charge is -2.15. The molecule has 30 heavy (non-hydrogen) atoms. The average molecular weight is 407 g/mol. The fraction of sp³-hybridized carbons (Fsp3) is 0.304. The summed E-state index contributed by atoms with van der Waals surface area (Å²) in [6, 6.07) is 14.3. The molecular weight excluding hydrogens is 382 g/mol. The first-order valence-electron chi connectivity index (χ1n) is 10.0. The van der Waals surface area contributed by atoms with E-state index in [2.05, 4.69) is 24.3 Å². The van der Waals surface area contributed by atoms with Crippen LogP contribution in [0.15, 0.2) is 53.3 Å². The third-order valence-corrected chi connectivity index (χ3v) is 5.07. The van der Waals surface area contributed by atoms with Gasteiger partial charge >= 0.3 is 5.97 Å². The number of hydrogen-bond acceptors (Lipinski definition) is 5. The first kappa shape index (κ1) is 21.2. The predicted molar refractivity (Wildman–Crippen MR) is 116 cm³/mol. The number of anilines is 1. The van der Waals surface area contributed by atoms with Gasteiger partial charge in [0.1, 0.15) is 0 Å². The molecule has 1 amide bonds. The van der Waals surface area contributed by atoms with Gasteiger partial charge in [0.2, 0.25) is 0 Å². The molecule has 0 spiro atoms. The average Bonchev–Trinajstić information content (AvgIpc) is 2.77. The fourth-order valence-electron chi connectivity index (χ4n) is 3.25. The molecule has 156 valence electrons. The molecule has 3 rings (SSSR count). The summed E-state index contributed by atoms with van der Waals surface area (Å²) in [6.45, 7) is 5.80. The Morgan fingerprint density at radius 1 is 1.07 bits per heavy atom. The first-order valence-corrected chi connectivity index (χ1v) is 10.0.